The van der Waals surface area contributed by atoms with Crippen LogP contribution in [0.5, 0.6) is 0 Å². The first-order valence-electron chi connectivity index (χ1n) is 9.08. The summed E-state index contributed by atoms with van der Waals surface area (Å²) in [5, 5.41) is 2.30. The molecule has 0 aliphatic carbocycles. The van der Waals surface area contributed by atoms with Crippen molar-refractivity contribution >= 4 is 45.8 Å². The van der Waals surface area contributed by atoms with Gasteiger partial charge in [0.25, 0.3) is 0 Å². The van der Waals surface area contributed by atoms with Crippen LogP contribution in [0.15, 0.2) is 17.7 Å². The van der Waals surface area contributed by atoms with Crippen molar-refractivity contribution in [3.8, 4) is 0 Å². The summed E-state index contributed by atoms with van der Waals surface area (Å²) in [6.45, 7) is 3.59. The largest absolute Gasteiger partial charge is 0.378 e. The van der Waals surface area contributed by atoms with E-state index < -0.39 is 0 Å². The van der Waals surface area contributed by atoms with Crippen LogP contribution < -0.4 is 0 Å². The van der Waals surface area contributed by atoms with Crippen molar-refractivity contribution in [2.45, 2.75) is 12.8 Å². The van der Waals surface area contributed by atoms with E-state index in [1.54, 1.807) is 11.0 Å². The molecule has 144 valence electrons. The van der Waals surface area contributed by atoms with E-state index >= 15 is 0 Å². The van der Waals surface area contributed by atoms with E-state index in [-0.39, 0.29) is 17.7 Å². The van der Waals surface area contributed by atoms with Crippen molar-refractivity contribution in [1.82, 2.24) is 19.2 Å². The molecule has 1 unspecified atom stereocenters. The second-order valence-electron chi connectivity index (χ2n) is 6.74. The first-order valence-corrected chi connectivity index (χ1v) is 10.3. The Bertz CT molecular complexity index is 871. The second kappa shape index (κ2) is 8.00. The number of morpholine rings is 1. The quantitative estimate of drug-likeness (QED) is 0.730. The minimum Gasteiger partial charge on any atom is -0.378 e. The number of rotatable bonds is 3. The molecule has 4 heterocycles. The molecule has 7 nitrogen and oxygen atoms in total. The molecule has 2 aliphatic heterocycles. The standard InChI is InChI=1S/C18H21ClN4O3S/c19-16-14(23-8-11-27-18(23)20-16)3-4-15(24)22-5-1-2-13(12-22)17(25)21-6-9-26-10-7-21/h3-4,8,11,13H,1-2,5-7,9-10,12H2/b4-3+. The summed E-state index contributed by atoms with van der Waals surface area (Å²) in [6, 6.07) is 0. The van der Waals surface area contributed by atoms with Crippen LogP contribution in [0, 0.1) is 5.92 Å². The first-order chi connectivity index (χ1) is 13.1. The lowest BCUT2D eigenvalue weighted by Gasteiger charge is -2.35. The summed E-state index contributed by atoms with van der Waals surface area (Å²) >= 11 is 7.66. The molecule has 9 heteroatoms. The number of carbonyl (C=O) groups is 2. The van der Waals surface area contributed by atoms with Crippen LogP contribution in [0.25, 0.3) is 11.0 Å². The number of thiazole rings is 1. The van der Waals surface area contributed by atoms with Gasteiger partial charge in [0.2, 0.25) is 11.8 Å². The molecule has 4 rings (SSSR count). The average molecular weight is 409 g/mol. The summed E-state index contributed by atoms with van der Waals surface area (Å²) < 4.78 is 7.17. The number of carbonyl (C=O) groups excluding carboxylic acids is 2. The topological polar surface area (TPSA) is 67.2 Å². The van der Waals surface area contributed by atoms with Crippen molar-refractivity contribution in [2.75, 3.05) is 39.4 Å². The lowest BCUT2D eigenvalue weighted by molar-refractivity contribution is -0.143. The predicted octanol–water partition coefficient (Wildman–Crippen LogP) is 2.16. The SMILES string of the molecule is O=C(/C=C/c1c(Cl)nc2sccn12)N1CCCC(C(=O)N2CCOCC2)C1. The molecular weight excluding hydrogens is 388 g/mol. The highest BCUT2D eigenvalue weighted by Gasteiger charge is 2.31. The number of nitrogens with zero attached hydrogens (tertiary/aromatic N) is 4. The van der Waals surface area contributed by atoms with Gasteiger partial charge in [0.05, 0.1) is 24.8 Å². The van der Waals surface area contributed by atoms with Gasteiger partial charge >= 0.3 is 0 Å². The maximum Gasteiger partial charge on any atom is 0.246 e. The Morgan fingerprint density at radius 3 is 2.89 bits per heavy atom. The molecule has 0 N–H and O–H groups in total. The number of halogens is 1. The average Bonchev–Trinajstić information content (AvgIpc) is 3.27. The molecule has 2 amide bonds. The Labute approximate surface area is 166 Å². The Balaban J connectivity index is 1.41. The molecule has 2 fully saturated rings. The first kappa shape index (κ1) is 18.5. The van der Waals surface area contributed by atoms with E-state index in [0.717, 1.165) is 17.8 Å². The fourth-order valence-corrected chi connectivity index (χ4v) is 4.61. The predicted molar refractivity (Wildman–Crippen MR) is 104 cm³/mol. The normalized spacial score (nSPS) is 21.3. The molecule has 0 aromatic carbocycles. The fourth-order valence-electron chi connectivity index (χ4n) is 3.60. The molecule has 1 atom stereocenters. The van der Waals surface area contributed by atoms with E-state index in [0.29, 0.717) is 50.2 Å². The van der Waals surface area contributed by atoms with Gasteiger partial charge in [0.1, 0.15) is 0 Å². The Kier molecular flexibility index (Phi) is 5.47. The Morgan fingerprint density at radius 2 is 2.07 bits per heavy atom. The molecular formula is C18H21ClN4O3S. The fraction of sp³-hybridized carbons (Fsp3) is 0.500. The monoisotopic (exact) mass is 408 g/mol. The van der Waals surface area contributed by atoms with Crippen LogP contribution >= 0.6 is 22.9 Å². The van der Waals surface area contributed by atoms with Gasteiger partial charge in [-0.05, 0) is 18.9 Å². The molecule has 27 heavy (non-hydrogen) atoms. The lowest BCUT2D eigenvalue weighted by atomic mass is 9.96. The van der Waals surface area contributed by atoms with Crippen molar-refractivity contribution in [2.24, 2.45) is 5.92 Å². The number of hydrogen-bond donors (Lipinski definition) is 0. The van der Waals surface area contributed by atoms with Crippen LogP contribution in [-0.2, 0) is 14.3 Å². The van der Waals surface area contributed by atoms with Gasteiger partial charge in [-0.25, -0.2) is 4.98 Å². The van der Waals surface area contributed by atoms with E-state index in [2.05, 4.69) is 4.98 Å². The van der Waals surface area contributed by atoms with Crippen molar-refractivity contribution in [1.29, 1.82) is 0 Å². The van der Waals surface area contributed by atoms with E-state index in [1.807, 2.05) is 20.9 Å². The summed E-state index contributed by atoms with van der Waals surface area (Å²) in [5.41, 5.74) is 0.694. The molecule has 0 radical (unpaired) electrons. The second-order valence-corrected chi connectivity index (χ2v) is 7.97. The molecule has 2 aromatic heterocycles. The van der Waals surface area contributed by atoms with E-state index in [4.69, 9.17) is 16.3 Å². The maximum atomic E-state index is 12.7. The van der Waals surface area contributed by atoms with Gasteiger partial charge in [0, 0.05) is 43.8 Å². The number of amides is 2. The van der Waals surface area contributed by atoms with Gasteiger partial charge < -0.3 is 14.5 Å². The number of likely N-dealkylation sites (tertiary alicyclic amines) is 1. The molecule has 2 saturated heterocycles. The lowest BCUT2D eigenvalue weighted by Crippen LogP contribution is -2.49. The van der Waals surface area contributed by atoms with Gasteiger partial charge in [-0.1, -0.05) is 11.6 Å². The molecule has 0 bridgehead atoms. The van der Waals surface area contributed by atoms with Crippen LogP contribution in [0.2, 0.25) is 5.15 Å². The third-order valence-electron chi connectivity index (χ3n) is 5.04. The Hall–Kier alpha value is -1.90. The van der Waals surface area contributed by atoms with E-state index in [9.17, 15) is 9.59 Å². The highest BCUT2D eigenvalue weighted by atomic mass is 35.5. The molecule has 0 spiro atoms. The van der Waals surface area contributed by atoms with Crippen LogP contribution in [0.3, 0.4) is 0 Å². The van der Waals surface area contributed by atoms with Crippen LogP contribution in [0.1, 0.15) is 18.5 Å². The number of aromatic nitrogens is 2. The van der Waals surface area contributed by atoms with Gasteiger partial charge in [-0.3, -0.25) is 14.0 Å². The van der Waals surface area contributed by atoms with Crippen molar-refractivity contribution in [3.63, 3.8) is 0 Å². The number of ether oxygens (including phenoxy) is 1. The summed E-state index contributed by atoms with van der Waals surface area (Å²) in [7, 11) is 0. The van der Waals surface area contributed by atoms with Gasteiger partial charge in [-0.15, -0.1) is 11.3 Å². The minimum atomic E-state index is -0.128. The molecule has 2 aromatic rings. The summed E-state index contributed by atoms with van der Waals surface area (Å²) in [6.07, 6.45) is 6.76. The number of piperidine rings is 1. The van der Waals surface area contributed by atoms with Gasteiger partial charge in [0.15, 0.2) is 10.1 Å². The summed E-state index contributed by atoms with van der Waals surface area (Å²) in [4.78, 5) is 34.0. The Morgan fingerprint density at radius 1 is 1.26 bits per heavy atom. The van der Waals surface area contributed by atoms with Crippen molar-refractivity contribution < 1.29 is 14.3 Å². The van der Waals surface area contributed by atoms with Crippen molar-refractivity contribution in [3.05, 3.63) is 28.5 Å². The zero-order valence-electron chi connectivity index (χ0n) is 14.8. The highest BCUT2D eigenvalue weighted by molar-refractivity contribution is 7.15. The smallest absolute Gasteiger partial charge is 0.246 e. The molecule has 2 aliphatic rings. The highest BCUT2D eigenvalue weighted by Crippen LogP contribution is 2.23. The zero-order valence-corrected chi connectivity index (χ0v) is 16.4. The number of hydrogen-bond acceptors (Lipinski definition) is 5. The third-order valence-corrected chi connectivity index (χ3v) is 6.08. The zero-order chi connectivity index (χ0) is 18.8. The van der Waals surface area contributed by atoms with E-state index in [1.165, 1.54) is 17.4 Å². The van der Waals surface area contributed by atoms with Gasteiger partial charge in [-0.2, -0.15) is 0 Å². The number of imidazole rings is 1. The number of fused-ring (bicyclic) bond motifs is 1. The summed E-state index contributed by atoms with van der Waals surface area (Å²) in [5.74, 6) is -0.0920. The third kappa shape index (κ3) is 3.88. The van der Waals surface area contributed by atoms with Crippen LogP contribution in [-0.4, -0.2) is 70.4 Å². The molecule has 0 saturated carbocycles. The maximum absolute atomic E-state index is 12.7. The van der Waals surface area contributed by atoms with Crippen LogP contribution in [0.4, 0.5) is 0 Å². The minimum absolute atomic E-state index is 0.101.